The lowest BCUT2D eigenvalue weighted by molar-refractivity contribution is 0.382. The summed E-state index contributed by atoms with van der Waals surface area (Å²) < 4.78 is 7.27. The number of ether oxygens (including phenoxy) is 1. The fourth-order valence-corrected chi connectivity index (χ4v) is 1.21. The average molecular weight is 204 g/mol. The van der Waals surface area contributed by atoms with E-state index in [0.717, 1.165) is 5.69 Å². The number of phenolic OH excluding ortho intramolecular Hbond substituents is 1. The van der Waals surface area contributed by atoms with Crippen LogP contribution < -0.4 is 4.74 Å². The summed E-state index contributed by atoms with van der Waals surface area (Å²) in [5.41, 5.74) is 1.00. The molecule has 0 radical (unpaired) electrons. The Kier molecular flexibility index (Phi) is 2.33. The van der Waals surface area contributed by atoms with Gasteiger partial charge in [0.05, 0.1) is 6.20 Å². The van der Waals surface area contributed by atoms with Crippen LogP contribution in [0.3, 0.4) is 0 Å². The largest absolute Gasteiger partial charge is 0.504 e. The van der Waals surface area contributed by atoms with Crippen LogP contribution in [0.15, 0.2) is 30.5 Å². The molecule has 4 heteroatoms. The maximum Gasteiger partial charge on any atom is 0.301 e. The molecule has 4 nitrogen and oxygen atoms in total. The third-order valence-corrected chi connectivity index (χ3v) is 2.24. The molecule has 0 saturated heterocycles. The molecule has 0 spiro atoms. The number of hydrogen-bond donors (Lipinski definition) is 1. The molecule has 0 aliphatic rings. The molecule has 0 atom stereocenters. The highest BCUT2D eigenvalue weighted by Crippen LogP contribution is 2.28. The minimum atomic E-state index is 0.109. The Bertz CT molecular complexity index is 477. The second-order valence-electron chi connectivity index (χ2n) is 3.31. The molecule has 0 fully saturated rings. The van der Waals surface area contributed by atoms with Crippen molar-refractivity contribution in [3.05, 3.63) is 36.2 Å². The predicted octanol–water partition coefficient (Wildman–Crippen LogP) is 2.23. The summed E-state index contributed by atoms with van der Waals surface area (Å²) in [6, 6.07) is 7.27. The number of aryl methyl sites for hydroxylation is 1. The van der Waals surface area contributed by atoms with Crippen LogP contribution in [0.25, 0.3) is 0 Å². The molecule has 2 aromatic rings. The van der Waals surface area contributed by atoms with Crippen molar-refractivity contribution in [2.24, 2.45) is 7.05 Å². The van der Waals surface area contributed by atoms with Crippen molar-refractivity contribution in [3.8, 4) is 17.5 Å². The van der Waals surface area contributed by atoms with Crippen LogP contribution in [0, 0.1) is 6.92 Å². The summed E-state index contributed by atoms with van der Waals surface area (Å²) >= 11 is 0. The van der Waals surface area contributed by atoms with Crippen molar-refractivity contribution in [1.82, 2.24) is 9.55 Å². The highest BCUT2D eigenvalue weighted by Gasteiger charge is 2.07. The van der Waals surface area contributed by atoms with Crippen molar-refractivity contribution in [3.63, 3.8) is 0 Å². The lowest BCUT2D eigenvalue weighted by Crippen LogP contribution is -1.96. The van der Waals surface area contributed by atoms with E-state index < -0.39 is 0 Å². The maximum absolute atomic E-state index is 9.51. The second kappa shape index (κ2) is 3.65. The Balaban J connectivity index is 2.30. The van der Waals surface area contributed by atoms with Gasteiger partial charge < -0.3 is 14.4 Å². The summed E-state index contributed by atoms with van der Waals surface area (Å²) in [5, 5.41) is 9.51. The standard InChI is InChI=1S/C11H12N2O2/c1-8-7-12-11(13(8)2)15-10-6-4-3-5-9(10)14/h3-7,14H,1-2H3. The number of nitrogens with zero attached hydrogens (tertiary/aromatic N) is 2. The monoisotopic (exact) mass is 204 g/mol. The number of aromatic hydroxyl groups is 1. The van der Waals surface area contributed by atoms with Gasteiger partial charge in [0.25, 0.3) is 0 Å². The smallest absolute Gasteiger partial charge is 0.301 e. The maximum atomic E-state index is 9.51. The Morgan fingerprint density at radius 1 is 1.33 bits per heavy atom. The highest BCUT2D eigenvalue weighted by atomic mass is 16.5. The molecule has 1 aromatic heterocycles. The predicted molar refractivity (Wildman–Crippen MR) is 56.1 cm³/mol. The van der Waals surface area contributed by atoms with Crippen molar-refractivity contribution in [2.75, 3.05) is 0 Å². The first-order valence-electron chi connectivity index (χ1n) is 4.62. The Hall–Kier alpha value is -1.97. The third kappa shape index (κ3) is 1.79. The van der Waals surface area contributed by atoms with Crippen LogP contribution in [0.2, 0.25) is 0 Å². The number of rotatable bonds is 2. The number of aromatic nitrogens is 2. The number of hydrogen-bond acceptors (Lipinski definition) is 3. The van der Waals surface area contributed by atoms with E-state index in [1.165, 1.54) is 0 Å². The zero-order chi connectivity index (χ0) is 10.8. The topological polar surface area (TPSA) is 47.3 Å². The van der Waals surface area contributed by atoms with Crippen molar-refractivity contribution >= 4 is 0 Å². The summed E-state index contributed by atoms with van der Waals surface area (Å²) in [6.07, 6.45) is 1.72. The summed E-state index contributed by atoms with van der Waals surface area (Å²) in [7, 11) is 1.86. The molecule has 0 saturated carbocycles. The van der Waals surface area contributed by atoms with Crippen molar-refractivity contribution in [1.29, 1.82) is 0 Å². The first kappa shape index (κ1) is 9.58. The van der Waals surface area contributed by atoms with E-state index in [1.807, 2.05) is 18.5 Å². The van der Waals surface area contributed by atoms with Crippen LogP contribution in [-0.2, 0) is 7.05 Å². The van der Waals surface area contributed by atoms with Crippen LogP contribution in [0.1, 0.15) is 5.69 Å². The highest BCUT2D eigenvalue weighted by molar-refractivity contribution is 5.39. The van der Waals surface area contributed by atoms with E-state index in [2.05, 4.69) is 4.98 Å². The Morgan fingerprint density at radius 3 is 2.67 bits per heavy atom. The molecule has 2 rings (SSSR count). The normalized spacial score (nSPS) is 10.3. The van der Waals surface area contributed by atoms with E-state index in [4.69, 9.17) is 4.74 Å². The first-order valence-corrected chi connectivity index (χ1v) is 4.62. The molecule has 1 aromatic carbocycles. The quantitative estimate of drug-likeness (QED) is 0.815. The van der Waals surface area contributed by atoms with E-state index in [-0.39, 0.29) is 5.75 Å². The Labute approximate surface area is 87.8 Å². The van der Waals surface area contributed by atoms with Gasteiger partial charge >= 0.3 is 6.01 Å². The lowest BCUT2D eigenvalue weighted by Gasteiger charge is -2.06. The van der Waals surface area contributed by atoms with Gasteiger partial charge in [-0.15, -0.1) is 0 Å². The van der Waals surface area contributed by atoms with E-state index in [0.29, 0.717) is 11.8 Å². The summed E-state index contributed by atoms with van der Waals surface area (Å²) in [4.78, 5) is 4.08. The lowest BCUT2D eigenvalue weighted by atomic mass is 10.3. The molecular formula is C11H12N2O2. The Morgan fingerprint density at radius 2 is 2.07 bits per heavy atom. The molecule has 15 heavy (non-hydrogen) atoms. The fourth-order valence-electron chi connectivity index (χ4n) is 1.21. The molecule has 0 amide bonds. The number of benzene rings is 1. The van der Waals surface area contributed by atoms with Gasteiger partial charge in [-0.2, -0.15) is 0 Å². The molecule has 78 valence electrons. The zero-order valence-corrected chi connectivity index (χ0v) is 8.64. The van der Waals surface area contributed by atoms with Gasteiger partial charge in [-0.3, -0.25) is 0 Å². The third-order valence-electron chi connectivity index (χ3n) is 2.24. The van der Waals surface area contributed by atoms with Crippen LogP contribution >= 0.6 is 0 Å². The summed E-state index contributed by atoms with van der Waals surface area (Å²) in [6.45, 7) is 1.94. The van der Waals surface area contributed by atoms with Gasteiger partial charge in [0.1, 0.15) is 0 Å². The SMILES string of the molecule is Cc1cnc(Oc2ccccc2O)n1C. The fraction of sp³-hybridized carbons (Fsp3) is 0.182. The van der Waals surface area contributed by atoms with Gasteiger partial charge in [-0.25, -0.2) is 4.98 Å². The summed E-state index contributed by atoms with van der Waals surface area (Å²) in [5.74, 6) is 0.518. The van der Waals surface area contributed by atoms with Crippen LogP contribution in [-0.4, -0.2) is 14.7 Å². The van der Waals surface area contributed by atoms with Crippen molar-refractivity contribution in [2.45, 2.75) is 6.92 Å². The van der Waals surface area contributed by atoms with E-state index >= 15 is 0 Å². The number of phenols is 1. The second-order valence-corrected chi connectivity index (χ2v) is 3.31. The van der Waals surface area contributed by atoms with Crippen LogP contribution in [0.4, 0.5) is 0 Å². The van der Waals surface area contributed by atoms with Crippen LogP contribution in [0.5, 0.6) is 17.5 Å². The molecule has 0 bridgehead atoms. The van der Waals surface area contributed by atoms with E-state index in [9.17, 15) is 5.11 Å². The van der Waals surface area contributed by atoms with Gasteiger partial charge in [0, 0.05) is 12.7 Å². The molecule has 0 aliphatic carbocycles. The zero-order valence-electron chi connectivity index (χ0n) is 8.64. The molecule has 0 unspecified atom stereocenters. The molecular weight excluding hydrogens is 192 g/mol. The number of para-hydroxylation sites is 2. The molecule has 0 aliphatic heterocycles. The first-order chi connectivity index (χ1) is 7.18. The van der Waals surface area contributed by atoms with E-state index in [1.54, 1.807) is 30.5 Å². The number of imidazole rings is 1. The van der Waals surface area contributed by atoms with Gasteiger partial charge in [0.15, 0.2) is 11.5 Å². The van der Waals surface area contributed by atoms with Gasteiger partial charge in [-0.05, 0) is 19.1 Å². The van der Waals surface area contributed by atoms with Gasteiger partial charge in [0.2, 0.25) is 0 Å². The average Bonchev–Trinajstić information content (AvgIpc) is 2.53. The minimum Gasteiger partial charge on any atom is -0.504 e. The van der Waals surface area contributed by atoms with Gasteiger partial charge in [-0.1, -0.05) is 12.1 Å². The molecule has 1 heterocycles. The molecule has 1 N–H and O–H groups in total. The minimum absolute atomic E-state index is 0.109. The van der Waals surface area contributed by atoms with Crippen molar-refractivity contribution < 1.29 is 9.84 Å².